The summed E-state index contributed by atoms with van der Waals surface area (Å²) in [5, 5.41) is 0. The van der Waals surface area contributed by atoms with E-state index in [0.717, 1.165) is 44.1 Å². The number of hydrogen-bond donors (Lipinski definition) is 0. The molecule has 2 unspecified atom stereocenters. The molecule has 0 spiro atoms. The number of carbonyl (C=O) groups excluding carboxylic acids is 3. The van der Waals surface area contributed by atoms with Gasteiger partial charge >= 0.3 is 11.9 Å². The highest BCUT2D eigenvalue weighted by Crippen LogP contribution is 2.24. The monoisotopic (exact) mass is 574 g/mol. The molecule has 0 aromatic heterocycles. The van der Waals surface area contributed by atoms with Crippen molar-refractivity contribution in [2.45, 2.75) is 57.5 Å². The second-order valence-electron chi connectivity index (χ2n) is 10.1. The maximum absolute atomic E-state index is 12.7. The Balaban J connectivity index is 1.09. The van der Waals surface area contributed by atoms with Crippen LogP contribution in [-0.2, 0) is 20.6 Å². The van der Waals surface area contributed by atoms with Crippen molar-refractivity contribution >= 4 is 18.2 Å². The number of aldehydes is 1. The third-order valence-corrected chi connectivity index (χ3v) is 7.02. The Morgan fingerprint density at radius 2 is 1.31 bits per heavy atom. The molecule has 0 aliphatic carbocycles. The quantitative estimate of drug-likeness (QED) is 0.156. The van der Waals surface area contributed by atoms with Crippen molar-refractivity contribution in [1.82, 2.24) is 0 Å². The number of hydrogen-bond acceptors (Lipinski definition) is 9. The molecule has 0 amide bonds. The summed E-state index contributed by atoms with van der Waals surface area (Å²) in [6.45, 7) is 1.49. The molecule has 5 rings (SSSR count). The summed E-state index contributed by atoms with van der Waals surface area (Å²) >= 11 is 0. The van der Waals surface area contributed by atoms with Crippen LogP contribution in [0.2, 0.25) is 0 Å². The standard InChI is InChI=1S/C33H34O9/c34-22-26-21-23(17-20-39-32(35)24-8-12-27(13-9-24)40-30-5-1-3-18-37-30)7-16-29(26)42-33(36)25-10-14-28(15-11-25)41-31-6-2-4-19-38-31/h7-16,21-22,30-31H,1-6,17-20H2. The van der Waals surface area contributed by atoms with E-state index in [1.54, 1.807) is 66.7 Å². The van der Waals surface area contributed by atoms with Crippen molar-refractivity contribution in [3.05, 3.63) is 89.0 Å². The van der Waals surface area contributed by atoms with Crippen molar-refractivity contribution in [3.8, 4) is 17.2 Å². The molecule has 3 aromatic rings. The van der Waals surface area contributed by atoms with Crippen LogP contribution in [0.3, 0.4) is 0 Å². The van der Waals surface area contributed by atoms with E-state index in [2.05, 4.69) is 0 Å². The zero-order valence-electron chi connectivity index (χ0n) is 23.3. The normalized spacial score (nSPS) is 18.5. The summed E-state index contributed by atoms with van der Waals surface area (Å²) in [5.41, 5.74) is 1.71. The van der Waals surface area contributed by atoms with E-state index >= 15 is 0 Å². The minimum Gasteiger partial charge on any atom is -0.465 e. The topological polar surface area (TPSA) is 107 Å². The molecule has 9 nitrogen and oxygen atoms in total. The highest BCUT2D eigenvalue weighted by Gasteiger charge is 2.18. The van der Waals surface area contributed by atoms with Gasteiger partial charge in [-0.05, 0) is 91.9 Å². The van der Waals surface area contributed by atoms with Crippen LogP contribution in [0.5, 0.6) is 17.2 Å². The van der Waals surface area contributed by atoms with Gasteiger partial charge in [-0.3, -0.25) is 4.79 Å². The Morgan fingerprint density at radius 1 is 0.738 bits per heavy atom. The van der Waals surface area contributed by atoms with Gasteiger partial charge in [0.05, 0.1) is 36.5 Å². The van der Waals surface area contributed by atoms with Crippen LogP contribution >= 0.6 is 0 Å². The average Bonchev–Trinajstić information content (AvgIpc) is 3.03. The van der Waals surface area contributed by atoms with E-state index in [4.69, 9.17) is 28.4 Å². The first-order valence-corrected chi connectivity index (χ1v) is 14.3. The lowest BCUT2D eigenvalue weighted by atomic mass is 10.1. The molecule has 42 heavy (non-hydrogen) atoms. The molecule has 9 heteroatoms. The maximum Gasteiger partial charge on any atom is 0.343 e. The molecule has 0 radical (unpaired) electrons. The fourth-order valence-electron chi connectivity index (χ4n) is 4.69. The fraction of sp³-hybridized carbons (Fsp3) is 0.364. The molecule has 3 aromatic carbocycles. The van der Waals surface area contributed by atoms with Crippen molar-refractivity contribution in [2.24, 2.45) is 0 Å². The fourth-order valence-corrected chi connectivity index (χ4v) is 4.69. The van der Waals surface area contributed by atoms with Gasteiger partial charge in [-0.15, -0.1) is 0 Å². The van der Waals surface area contributed by atoms with Crippen LogP contribution in [0.1, 0.15) is 75.2 Å². The molecule has 0 saturated carbocycles. The van der Waals surface area contributed by atoms with E-state index in [1.807, 2.05) is 0 Å². The van der Waals surface area contributed by atoms with E-state index in [1.165, 1.54) is 0 Å². The van der Waals surface area contributed by atoms with E-state index < -0.39 is 11.9 Å². The first-order chi connectivity index (χ1) is 20.6. The largest absolute Gasteiger partial charge is 0.465 e. The van der Waals surface area contributed by atoms with Gasteiger partial charge in [0.15, 0.2) is 18.9 Å². The lowest BCUT2D eigenvalue weighted by Gasteiger charge is -2.23. The van der Waals surface area contributed by atoms with Gasteiger partial charge in [-0.2, -0.15) is 0 Å². The van der Waals surface area contributed by atoms with Crippen molar-refractivity contribution < 1.29 is 42.8 Å². The highest BCUT2D eigenvalue weighted by atomic mass is 16.7. The maximum atomic E-state index is 12.7. The molecule has 2 aliphatic heterocycles. The molecular formula is C33H34O9. The Morgan fingerprint density at radius 3 is 1.83 bits per heavy atom. The second kappa shape index (κ2) is 14.6. The van der Waals surface area contributed by atoms with Gasteiger partial charge in [0.2, 0.25) is 0 Å². The zero-order chi connectivity index (χ0) is 29.1. The van der Waals surface area contributed by atoms with Crippen molar-refractivity contribution in [1.29, 1.82) is 0 Å². The number of ether oxygens (including phenoxy) is 6. The van der Waals surface area contributed by atoms with E-state index in [9.17, 15) is 14.4 Å². The minimum absolute atomic E-state index is 0.116. The Labute approximate surface area is 244 Å². The third kappa shape index (κ3) is 8.18. The molecule has 0 bridgehead atoms. The lowest BCUT2D eigenvalue weighted by Crippen LogP contribution is -2.24. The number of benzene rings is 3. The first-order valence-electron chi connectivity index (χ1n) is 14.3. The van der Waals surface area contributed by atoms with E-state index in [-0.39, 0.29) is 30.5 Å². The SMILES string of the molecule is O=Cc1cc(CCOC(=O)c2ccc(OC3CCCCO3)cc2)ccc1OC(=O)c1ccc(OC2CCCCO2)cc1. The van der Waals surface area contributed by atoms with Crippen LogP contribution in [0.25, 0.3) is 0 Å². The summed E-state index contributed by atoms with van der Waals surface area (Å²) in [5.74, 6) is 0.333. The first kappa shape index (κ1) is 29.3. The summed E-state index contributed by atoms with van der Waals surface area (Å²) < 4.78 is 33.6. The zero-order valence-corrected chi connectivity index (χ0v) is 23.3. The van der Waals surface area contributed by atoms with Gasteiger partial charge in [-0.1, -0.05) is 6.07 Å². The third-order valence-electron chi connectivity index (χ3n) is 7.02. The Hall–Kier alpha value is -4.21. The predicted octanol–water partition coefficient (Wildman–Crippen LogP) is 5.93. The summed E-state index contributed by atoms with van der Waals surface area (Å²) in [6, 6.07) is 18.2. The lowest BCUT2D eigenvalue weighted by molar-refractivity contribution is -0.106. The molecule has 2 heterocycles. The van der Waals surface area contributed by atoms with Gasteiger partial charge in [0, 0.05) is 19.3 Å². The number of carbonyl (C=O) groups is 3. The molecule has 2 atom stereocenters. The van der Waals surface area contributed by atoms with Crippen LogP contribution < -0.4 is 14.2 Å². The average molecular weight is 575 g/mol. The molecule has 220 valence electrons. The smallest absolute Gasteiger partial charge is 0.343 e. The minimum atomic E-state index is -0.595. The summed E-state index contributed by atoms with van der Waals surface area (Å²) in [7, 11) is 0. The highest BCUT2D eigenvalue weighted by molar-refractivity contribution is 5.93. The molecule has 2 saturated heterocycles. The van der Waals surface area contributed by atoms with Crippen LogP contribution in [0.15, 0.2) is 66.7 Å². The Kier molecular flexibility index (Phi) is 10.2. The number of rotatable bonds is 11. The van der Waals surface area contributed by atoms with Gasteiger partial charge in [0.1, 0.15) is 17.2 Å². The molecule has 2 fully saturated rings. The van der Waals surface area contributed by atoms with Crippen LogP contribution in [0.4, 0.5) is 0 Å². The van der Waals surface area contributed by atoms with Crippen LogP contribution in [-0.4, -0.2) is 50.6 Å². The van der Waals surface area contributed by atoms with Gasteiger partial charge in [-0.25, -0.2) is 9.59 Å². The molecule has 2 aliphatic rings. The van der Waals surface area contributed by atoms with Crippen molar-refractivity contribution in [2.75, 3.05) is 19.8 Å². The summed E-state index contributed by atoms with van der Waals surface area (Å²) in [6.07, 6.45) is 6.35. The van der Waals surface area contributed by atoms with Crippen molar-refractivity contribution in [3.63, 3.8) is 0 Å². The van der Waals surface area contributed by atoms with E-state index in [0.29, 0.717) is 48.5 Å². The number of esters is 2. The predicted molar refractivity (Wildman–Crippen MR) is 152 cm³/mol. The van der Waals surface area contributed by atoms with Gasteiger partial charge < -0.3 is 28.4 Å². The van der Waals surface area contributed by atoms with Crippen LogP contribution in [0, 0.1) is 0 Å². The molecule has 0 N–H and O–H groups in total. The Bertz CT molecular complexity index is 1340. The second-order valence-corrected chi connectivity index (χ2v) is 10.1. The summed E-state index contributed by atoms with van der Waals surface area (Å²) in [4.78, 5) is 36.9. The molecular weight excluding hydrogens is 540 g/mol. The van der Waals surface area contributed by atoms with Gasteiger partial charge in [0.25, 0.3) is 0 Å².